The third kappa shape index (κ3) is 15.3. The van der Waals surface area contributed by atoms with Gasteiger partial charge < -0.3 is 11.5 Å². The van der Waals surface area contributed by atoms with Gasteiger partial charge in [0.15, 0.2) is 0 Å². The van der Waals surface area contributed by atoms with Crippen LogP contribution in [0.2, 0.25) is 0 Å². The van der Waals surface area contributed by atoms with E-state index >= 15 is 0 Å². The first-order valence-corrected chi connectivity index (χ1v) is 9.11. The topological polar surface area (TPSA) is 86.2 Å². The summed E-state index contributed by atoms with van der Waals surface area (Å²) in [5.41, 5.74) is 10.3. The number of carbonyl (C=O) groups excluding carboxylic acids is 2. The van der Waals surface area contributed by atoms with Crippen molar-refractivity contribution in [3.8, 4) is 0 Å². The van der Waals surface area contributed by atoms with Crippen LogP contribution in [0.25, 0.3) is 0 Å². The van der Waals surface area contributed by atoms with Crippen molar-refractivity contribution >= 4 is 11.8 Å². The molecular formula is C18H36N2O2. The molecule has 4 nitrogen and oxygen atoms in total. The van der Waals surface area contributed by atoms with Gasteiger partial charge in [0.2, 0.25) is 11.8 Å². The lowest BCUT2D eigenvalue weighted by atomic mass is 10.0. The second kappa shape index (κ2) is 14.9. The Kier molecular flexibility index (Phi) is 14.1. The summed E-state index contributed by atoms with van der Waals surface area (Å²) in [7, 11) is 0. The van der Waals surface area contributed by atoms with E-state index in [2.05, 4.69) is 0 Å². The quantitative estimate of drug-likeness (QED) is 0.421. The molecule has 0 spiro atoms. The van der Waals surface area contributed by atoms with Crippen LogP contribution in [0.4, 0.5) is 0 Å². The van der Waals surface area contributed by atoms with E-state index in [1.54, 1.807) is 0 Å². The molecule has 0 saturated heterocycles. The molecule has 0 fully saturated rings. The normalized spacial score (nSPS) is 12.2. The fourth-order valence-corrected chi connectivity index (χ4v) is 2.66. The lowest BCUT2D eigenvalue weighted by molar-refractivity contribution is -0.121. The summed E-state index contributed by atoms with van der Waals surface area (Å²) in [6.45, 7) is 1.91. The summed E-state index contributed by atoms with van der Waals surface area (Å²) in [6, 6.07) is 0. The zero-order valence-corrected chi connectivity index (χ0v) is 14.4. The molecule has 0 aromatic rings. The molecule has 0 aromatic heterocycles. The van der Waals surface area contributed by atoms with Crippen molar-refractivity contribution in [2.24, 2.45) is 17.4 Å². The van der Waals surface area contributed by atoms with E-state index in [9.17, 15) is 9.59 Å². The largest absolute Gasteiger partial charge is 0.370 e. The van der Waals surface area contributed by atoms with Gasteiger partial charge in [-0.3, -0.25) is 9.59 Å². The standard InChI is InChI=1S/C18H36N2O2/c1-16(18(20)22)14-12-10-8-6-4-2-3-5-7-9-11-13-15-17(19)21/h16H,2-15H2,1H3,(H2,19,21)(H2,20,22). The molecule has 130 valence electrons. The van der Waals surface area contributed by atoms with Crippen LogP contribution in [0.1, 0.15) is 96.8 Å². The molecule has 1 atom stereocenters. The summed E-state index contributed by atoms with van der Waals surface area (Å²) in [5.74, 6) is -0.318. The number of hydrogen-bond acceptors (Lipinski definition) is 2. The Morgan fingerprint density at radius 3 is 1.41 bits per heavy atom. The van der Waals surface area contributed by atoms with Crippen LogP contribution >= 0.6 is 0 Å². The first-order valence-electron chi connectivity index (χ1n) is 9.11. The van der Waals surface area contributed by atoms with Crippen molar-refractivity contribution in [1.29, 1.82) is 0 Å². The first kappa shape index (κ1) is 20.9. The smallest absolute Gasteiger partial charge is 0.220 e. The third-order valence-electron chi connectivity index (χ3n) is 4.30. The molecule has 0 radical (unpaired) electrons. The van der Waals surface area contributed by atoms with E-state index in [0.717, 1.165) is 25.7 Å². The molecule has 0 bridgehead atoms. The van der Waals surface area contributed by atoms with Crippen LogP contribution in [0.5, 0.6) is 0 Å². The lowest BCUT2D eigenvalue weighted by Gasteiger charge is -2.06. The summed E-state index contributed by atoms with van der Waals surface area (Å²) >= 11 is 0. The molecule has 0 aliphatic carbocycles. The number of nitrogens with two attached hydrogens (primary N) is 2. The van der Waals surface area contributed by atoms with Gasteiger partial charge in [-0.2, -0.15) is 0 Å². The van der Waals surface area contributed by atoms with Gasteiger partial charge in [-0.05, 0) is 12.8 Å². The van der Waals surface area contributed by atoms with Crippen molar-refractivity contribution in [3.63, 3.8) is 0 Å². The Bertz CT molecular complexity index is 293. The fourth-order valence-electron chi connectivity index (χ4n) is 2.66. The van der Waals surface area contributed by atoms with Crippen LogP contribution in [0, 0.1) is 5.92 Å². The molecular weight excluding hydrogens is 276 g/mol. The molecule has 2 amide bonds. The summed E-state index contributed by atoms with van der Waals surface area (Å²) < 4.78 is 0. The molecule has 1 unspecified atom stereocenters. The van der Waals surface area contributed by atoms with Crippen LogP contribution in [-0.4, -0.2) is 11.8 Å². The van der Waals surface area contributed by atoms with E-state index in [-0.39, 0.29) is 17.7 Å². The minimum atomic E-state index is -0.177. The van der Waals surface area contributed by atoms with Gasteiger partial charge in [0.25, 0.3) is 0 Å². The minimum Gasteiger partial charge on any atom is -0.370 e. The zero-order chi connectivity index (χ0) is 16.6. The van der Waals surface area contributed by atoms with E-state index in [1.165, 1.54) is 57.8 Å². The Balaban J connectivity index is 3.08. The number of hydrogen-bond donors (Lipinski definition) is 2. The van der Waals surface area contributed by atoms with Crippen LogP contribution in [0.15, 0.2) is 0 Å². The van der Waals surface area contributed by atoms with Crippen molar-refractivity contribution in [3.05, 3.63) is 0 Å². The summed E-state index contributed by atoms with van der Waals surface area (Å²) in [5, 5.41) is 0. The van der Waals surface area contributed by atoms with Gasteiger partial charge >= 0.3 is 0 Å². The highest BCUT2D eigenvalue weighted by Gasteiger charge is 2.06. The highest BCUT2D eigenvalue weighted by molar-refractivity contribution is 5.76. The maximum atomic E-state index is 10.9. The monoisotopic (exact) mass is 312 g/mol. The maximum Gasteiger partial charge on any atom is 0.220 e. The lowest BCUT2D eigenvalue weighted by Crippen LogP contribution is -2.20. The van der Waals surface area contributed by atoms with Gasteiger partial charge in [-0.25, -0.2) is 0 Å². The molecule has 4 N–H and O–H groups in total. The van der Waals surface area contributed by atoms with Crippen LogP contribution in [-0.2, 0) is 9.59 Å². The van der Waals surface area contributed by atoms with Crippen LogP contribution < -0.4 is 11.5 Å². The predicted octanol–water partition coefficient (Wildman–Crippen LogP) is 4.05. The van der Waals surface area contributed by atoms with Gasteiger partial charge in [0.1, 0.15) is 0 Å². The number of amides is 2. The number of rotatable bonds is 16. The second-order valence-corrected chi connectivity index (χ2v) is 6.55. The number of unbranched alkanes of at least 4 members (excludes halogenated alkanes) is 11. The molecule has 4 heteroatoms. The average molecular weight is 312 g/mol. The Hall–Kier alpha value is -1.06. The number of carbonyl (C=O) groups is 2. The molecule has 0 saturated carbocycles. The van der Waals surface area contributed by atoms with E-state index in [1.807, 2.05) is 6.92 Å². The molecule has 22 heavy (non-hydrogen) atoms. The van der Waals surface area contributed by atoms with E-state index in [0.29, 0.717) is 6.42 Å². The predicted molar refractivity (Wildman–Crippen MR) is 92.2 cm³/mol. The zero-order valence-electron chi connectivity index (χ0n) is 14.4. The van der Waals surface area contributed by atoms with E-state index < -0.39 is 0 Å². The van der Waals surface area contributed by atoms with Crippen LogP contribution in [0.3, 0.4) is 0 Å². The molecule has 0 aromatic carbocycles. The highest BCUT2D eigenvalue weighted by Crippen LogP contribution is 2.14. The molecule has 0 heterocycles. The van der Waals surface area contributed by atoms with Gasteiger partial charge in [0, 0.05) is 12.3 Å². The minimum absolute atomic E-state index is 0.0305. The van der Waals surface area contributed by atoms with Crippen molar-refractivity contribution < 1.29 is 9.59 Å². The van der Waals surface area contributed by atoms with Gasteiger partial charge in [-0.1, -0.05) is 77.6 Å². The van der Waals surface area contributed by atoms with E-state index in [4.69, 9.17) is 11.5 Å². The molecule has 0 aliphatic heterocycles. The Labute approximate surface area is 136 Å². The number of primary amides is 2. The van der Waals surface area contributed by atoms with Crippen molar-refractivity contribution in [2.75, 3.05) is 0 Å². The molecule has 0 aliphatic rings. The maximum absolute atomic E-state index is 10.9. The van der Waals surface area contributed by atoms with Gasteiger partial charge in [-0.15, -0.1) is 0 Å². The Morgan fingerprint density at radius 1 is 0.682 bits per heavy atom. The molecule has 0 rings (SSSR count). The first-order chi connectivity index (χ1) is 10.5. The van der Waals surface area contributed by atoms with Crippen molar-refractivity contribution in [1.82, 2.24) is 0 Å². The average Bonchev–Trinajstić information content (AvgIpc) is 2.46. The third-order valence-corrected chi connectivity index (χ3v) is 4.30. The summed E-state index contributed by atoms with van der Waals surface area (Å²) in [4.78, 5) is 21.4. The Morgan fingerprint density at radius 2 is 1.05 bits per heavy atom. The van der Waals surface area contributed by atoms with Gasteiger partial charge in [0.05, 0.1) is 0 Å². The summed E-state index contributed by atoms with van der Waals surface area (Å²) in [6.07, 6.45) is 16.3. The highest BCUT2D eigenvalue weighted by atomic mass is 16.1. The SMILES string of the molecule is CC(CCCCCCCCCCCCCCC(N)=O)C(N)=O. The fraction of sp³-hybridized carbons (Fsp3) is 0.889. The second-order valence-electron chi connectivity index (χ2n) is 6.55. The van der Waals surface area contributed by atoms with Crippen molar-refractivity contribution in [2.45, 2.75) is 96.8 Å².